The standard InChI is InChI=1S/C16H13F4N5O2/c17-10-3-9(4-11(18)5-10)16(1-2-16)24-15-22-6-8(7-23-15)13(26)25(21)14(27)12(19)20/h3-7,12H,1-2,21H2,(H,22,23,24). The van der Waals surface area contributed by atoms with Gasteiger partial charge in [-0.15, -0.1) is 0 Å². The summed E-state index contributed by atoms with van der Waals surface area (Å²) in [5, 5.41) is 2.72. The van der Waals surface area contributed by atoms with E-state index in [1.165, 1.54) is 12.1 Å². The van der Waals surface area contributed by atoms with E-state index >= 15 is 0 Å². The van der Waals surface area contributed by atoms with Gasteiger partial charge in [0, 0.05) is 18.5 Å². The normalized spacial score (nSPS) is 14.7. The molecule has 1 aliphatic carbocycles. The average Bonchev–Trinajstić information content (AvgIpc) is 3.40. The lowest BCUT2D eigenvalue weighted by atomic mass is 10.0. The second-order valence-corrected chi connectivity index (χ2v) is 5.97. The highest BCUT2D eigenvalue weighted by Gasteiger charge is 2.45. The Kier molecular flexibility index (Phi) is 4.79. The number of carbonyl (C=O) groups is 2. The van der Waals surface area contributed by atoms with Crippen LogP contribution < -0.4 is 11.2 Å². The number of halogens is 4. The van der Waals surface area contributed by atoms with Crippen LogP contribution in [0.3, 0.4) is 0 Å². The van der Waals surface area contributed by atoms with Crippen LogP contribution in [0.15, 0.2) is 30.6 Å². The second-order valence-electron chi connectivity index (χ2n) is 5.97. The highest BCUT2D eigenvalue weighted by atomic mass is 19.3. The van der Waals surface area contributed by atoms with Gasteiger partial charge in [0.25, 0.3) is 5.91 Å². The van der Waals surface area contributed by atoms with Crippen molar-refractivity contribution in [2.24, 2.45) is 5.84 Å². The quantitative estimate of drug-likeness (QED) is 0.354. The van der Waals surface area contributed by atoms with Gasteiger partial charge in [-0.25, -0.2) is 29.6 Å². The molecule has 0 unspecified atom stereocenters. The SMILES string of the molecule is NN(C(=O)c1cnc(NC2(c3cc(F)cc(F)c3)CC2)nc1)C(=O)C(F)F. The Morgan fingerprint density at radius 3 is 2.15 bits per heavy atom. The van der Waals surface area contributed by atoms with Crippen LogP contribution >= 0.6 is 0 Å². The molecule has 3 rings (SSSR count). The van der Waals surface area contributed by atoms with E-state index in [4.69, 9.17) is 5.84 Å². The maximum absolute atomic E-state index is 13.4. The molecule has 3 N–H and O–H groups in total. The third-order valence-corrected chi connectivity index (χ3v) is 4.06. The highest BCUT2D eigenvalue weighted by molar-refractivity contribution is 6.04. The van der Waals surface area contributed by atoms with Gasteiger partial charge in [0.15, 0.2) is 0 Å². The van der Waals surface area contributed by atoms with E-state index in [1.54, 1.807) is 0 Å². The maximum Gasteiger partial charge on any atom is 0.317 e. The maximum atomic E-state index is 13.4. The minimum atomic E-state index is -3.43. The zero-order chi connectivity index (χ0) is 19.8. The van der Waals surface area contributed by atoms with E-state index in [9.17, 15) is 27.2 Å². The number of hydrogen-bond acceptors (Lipinski definition) is 6. The lowest BCUT2D eigenvalue weighted by Gasteiger charge is -2.18. The molecule has 1 saturated carbocycles. The molecule has 142 valence electrons. The van der Waals surface area contributed by atoms with Crippen molar-refractivity contribution in [3.05, 3.63) is 53.4 Å². The van der Waals surface area contributed by atoms with Gasteiger partial charge in [0.1, 0.15) is 11.6 Å². The largest absolute Gasteiger partial charge is 0.345 e. The fourth-order valence-electron chi connectivity index (χ4n) is 2.50. The lowest BCUT2D eigenvalue weighted by Crippen LogP contribution is -2.45. The first-order valence-corrected chi connectivity index (χ1v) is 7.70. The van der Waals surface area contributed by atoms with Crippen molar-refractivity contribution in [2.45, 2.75) is 24.8 Å². The van der Waals surface area contributed by atoms with E-state index in [1.807, 2.05) is 0 Å². The fourth-order valence-corrected chi connectivity index (χ4v) is 2.50. The molecular formula is C16H13F4N5O2. The number of nitrogens with one attached hydrogen (secondary N) is 1. The van der Waals surface area contributed by atoms with Crippen LogP contribution in [-0.4, -0.2) is 33.2 Å². The van der Waals surface area contributed by atoms with E-state index in [0.717, 1.165) is 18.5 Å². The van der Waals surface area contributed by atoms with Crippen molar-refractivity contribution in [2.75, 3.05) is 5.32 Å². The number of imide groups is 1. The molecule has 0 atom stereocenters. The number of nitrogens with two attached hydrogens (primary N) is 1. The monoisotopic (exact) mass is 383 g/mol. The third-order valence-electron chi connectivity index (χ3n) is 4.06. The first-order valence-electron chi connectivity index (χ1n) is 7.70. The van der Waals surface area contributed by atoms with Crippen molar-refractivity contribution in [3.8, 4) is 0 Å². The third kappa shape index (κ3) is 3.87. The Bertz CT molecular complexity index is 867. The van der Waals surface area contributed by atoms with Crippen LogP contribution in [0.5, 0.6) is 0 Å². The molecule has 1 aromatic heterocycles. The summed E-state index contributed by atoms with van der Waals surface area (Å²) in [4.78, 5) is 30.6. The number of hydrogen-bond donors (Lipinski definition) is 2. The van der Waals surface area contributed by atoms with Gasteiger partial charge in [-0.1, -0.05) is 0 Å². The van der Waals surface area contributed by atoms with E-state index in [0.29, 0.717) is 18.4 Å². The Balaban J connectivity index is 1.74. The summed E-state index contributed by atoms with van der Waals surface area (Å²) in [5.41, 5.74) is -0.627. The fraction of sp³-hybridized carbons (Fsp3) is 0.250. The number of hydrazine groups is 1. The summed E-state index contributed by atoms with van der Waals surface area (Å²) in [7, 11) is 0. The summed E-state index contributed by atoms with van der Waals surface area (Å²) < 4.78 is 51.5. The van der Waals surface area contributed by atoms with Crippen molar-refractivity contribution in [3.63, 3.8) is 0 Å². The molecule has 7 nitrogen and oxygen atoms in total. The van der Waals surface area contributed by atoms with Crippen LogP contribution in [0.4, 0.5) is 23.5 Å². The molecule has 1 heterocycles. The molecule has 0 aliphatic heterocycles. The number of rotatable bonds is 5. The Morgan fingerprint density at radius 1 is 1.11 bits per heavy atom. The number of carbonyl (C=O) groups excluding carboxylic acids is 2. The van der Waals surface area contributed by atoms with E-state index in [-0.39, 0.29) is 16.5 Å². The van der Waals surface area contributed by atoms with Crippen LogP contribution in [0.25, 0.3) is 0 Å². The molecule has 2 amide bonds. The molecule has 1 aliphatic rings. The first-order chi connectivity index (χ1) is 12.7. The van der Waals surface area contributed by atoms with Crippen molar-refractivity contribution in [1.82, 2.24) is 15.0 Å². The molecular weight excluding hydrogens is 370 g/mol. The minimum Gasteiger partial charge on any atom is -0.345 e. The zero-order valence-corrected chi connectivity index (χ0v) is 13.6. The molecule has 27 heavy (non-hydrogen) atoms. The minimum absolute atomic E-state index is 0.0532. The zero-order valence-electron chi connectivity index (χ0n) is 13.6. The molecule has 11 heteroatoms. The van der Waals surface area contributed by atoms with E-state index in [2.05, 4.69) is 15.3 Å². The molecule has 2 aromatic rings. The summed E-state index contributed by atoms with van der Waals surface area (Å²) in [6.07, 6.45) is -0.266. The van der Waals surface area contributed by atoms with Crippen LogP contribution in [-0.2, 0) is 10.3 Å². The number of anilines is 1. The van der Waals surface area contributed by atoms with Gasteiger partial charge in [-0.3, -0.25) is 9.59 Å². The first kappa shape index (κ1) is 18.7. The Morgan fingerprint density at radius 2 is 1.67 bits per heavy atom. The van der Waals surface area contributed by atoms with Gasteiger partial charge in [-0.05, 0) is 30.5 Å². The number of amides is 2. The molecule has 1 aromatic carbocycles. The van der Waals surface area contributed by atoms with Gasteiger partial charge in [0.2, 0.25) is 5.95 Å². The molecule has 0 radical (unpaired) electrons. The summed E-state index contributed by atoms with van der Waals surface area (Å²) in [6.45, 7) is 0. The van der Waals surface area contributed by atoms with Crippen LogP contribution in [0.2, 0.25) is 0 Å². The topological polar surface area (TPSA) is 101 Å². The van der Waals surface area contributed by atoms with Gasteiger partial charge >= 0.3 is 12.3 Å². The Labute approximate surface area is 150 Å². The van der Waals surface area contributed by atoms with Gasteiger partial charge in [-0.2, -0.15) is 8.78 Å². The van der Waals surface area contributed by atoms with Crippen molar-refractivity contribution in [1.29, 1.82) is 0 Å². The summed E-state index contributed by atoms with van der Waals surface area (Å²) in [5.74, 6) is 0.632. The molecule has 0 saturated heterocycles. The molecule has 1 fully saturated rings. The van der Waals surface area contributed by atoms with Gasteiger partial charge < -0.3 is 5.32 Å². The van der Waals surface area contributed by atoms with Gasteiger partial charge in [0.05, 0.1) is 11.1 Å². The predicted octanol–water partition coefficient (Wildman–Crippen LogP) is 1.96. The van der Waals surface area contributed by atoms with Crippen molar-refractivity contribution >= 4 is 17.8 Å². The molecule has 0 spiro atoms. The Hall–Kier alpha value is -3.08. The van der Waals surface area contributed by atoms with Crippen LogP contribution in [0, 0.1) is 11.6 Å². The second kappa shape index (κ2) is 6.91. The predicted molar refractivity (Wildman–Crippen MR) is 84.3 cm³/mol. The molecule has 0 bridgehead atoms. The smallest absolute Gasteiger partial charge is 0.317 e. The number of alkyl halides is 2. The van der Waals surface area contributed by atoms with Crippen molar-refractivity contribution < 1.29 is 27.2 Å². The highest BCUT2D eigenvalue weighted by Crippen LogP contribution is 2.48. The summed E-state index contributed by atoms with van der Waals surface area (Å²) >= 11 is 0. The number of aromatic nitrogens is 2. The average molecular weight is 383 g/mol. The summed E-state index contributed by atoms with van der Waals surface area (Å²) in [6, 6.07) is 3.15. The van der Waals surface area contributed by atoms with E-state index < -0.39 is 35.4 Å². The number of benzene rings is 1. The number of nitrogens with zero attached hydrogens (tertiary/aromatic N) is 3. The lowest BCUT2D eigenvalue weighted by molar-refractivity contribution is -0.140. The van der Waals surface area contributed by atoms with Crippen LogP contribution in [0.1, 0.15) is 28.8 Å².